The number of allylic oxidation sites excluding steroid dienone is 4. The first kappa shape index (κ1) is 70.9. The fourth-order valence-corrected chi connectivity index (χ4v) is 11.7. The SMILES string of the molecule is CCCCCCCCCCCCCCCCCCCCCCC=Cc1cc(C=CCCCCCCCCCCCCCCCCCCCCCC)cc(C(=C(C=C=[N+]=[N-])CCCC)c2cc(CCCC)cc(CCCC)c2)c1. The van der Waals surface area contributed by atoms with E-state index in [1.165, 1.54) is 327 Å². The van der Waals surface area contributed by atoms with E-state index in [4.69, 9.17) is 0 Å². The van der Waals surface area contributed by atoms with Crippen molar-refractivity contribution in [2.45, 2.75) is 362 Å². The summed E-state index contributed by atoms with van der Waals surface area (Å²) in [6.07, 6.45) is 80.8. The Morgan fingerprint density at radius 3 is 0.949 bits per heavy atom. The Balaban J connectivity index is 2.01. The molecule has 0 aliphatic carbocycles. The van der Waals surface area contributed by atoms with E-state index in [-0.39, 0.29) is 0 Å². The van der Waals surface area contributed by atoms with Gasteiger partial charge in [-0.1, -0.05) is 340 Å². The van der Waals surface area contributed by atoms with Gasteiger partial charge in [-0.15, -0.1) is 4.79 Å². The molecule has 0 aliphatic rings. The second-order valence-corrected chi connectivity index (χ2v) is 24.3. The van der Waals surface area contributed by atoms with Gasteiger partial charge in [0.05, 0.1) is 6.08 Å². The molecule has 0 atom stereocenters. The van der Waals surface area contributed by atoms with E-state index >= 15 is 0 Å². The Labute approximate surface area is 487 Å². The fourth-order valence-electron chi connectivity index (χ4n) is 11.7. The minimum Gasteiger partial charge on any atom is -0.348 e. The van der Waals surface area contributed by atoms with E-state index in [9.17, 15) is 5.53 Å². The van der Waals surface area contributed by atoms with Crippen molar-refractivity contribution < 1.29 is 4.79 Å². The second kappa shape index (κ2) is 54.4. The van der Waals surface area contributed by atoms with Crippen LogP contribution in [0.2, 0.25) is 0 Å². The summed E-state index contributed by atoms with van der Waals surface area (Å²) >= 11 is 0. The third-order valence-corrected chi connectivity index (χ3v) is 16.7. The first-order valence-corrected chi connectivity index (χ1v) is 34.9. The summed E-state index contributed by atoms with van der Waals surface area (Å²) in [5.41, 5.74) is 20.1. The molecule has 442 valence electrons. The molecule has 0 heterocycles. The number of unbranched alkanes of at least 4 members (excludes halogenated alkanes) is 43. The fraction of sp³-hybridized carbons (Fsp3) is 0.737. The highest BCUT2D eigenvalue weighted by Crippen LogP contribution is 2.34. The summed E-state index contributed by atoms with van der Waals surface area (Å²) in [4.78, 5) is 3.38. The van der Waals surface area contributed by atoms with E-state index in [1.807, 2.05) is 6.08 Å². The maximum atomic E-state index is 9.67. The van der Waals surface area contributed by atoms with E-state index in [1.54, 1.807) is 0 Å². The van der Waals surface area contributed by atoms with Gasteiger partial charge >= 0.3 is 0 Å². The van der Waals surface area contributed by atoms with Gasteiger partial charge in [-0.2, -0.15) is 0 Å². The van der Waals surface area contributed by atoms with Gasteiger partial charge in [-0.3, -0.25) is 0 Å². The van der Waals surface area contributed by atoms with Crippen LogP contribution in [0.1, 0.15) is 383 Å². The molecule has 2 heteroatoms. The first-order valence-electron chi connectivity index (χ1n) is 34.9. The van der Waals surface area contributed by atoms with E-state index in [0.29, 0.717) is 0 Å². The smallest absolute Gasteiger partial charge is 0.299 e. The zero-order valence-corrected chi connectivity index (χ0v) is 52.8. The van der Waals surface area contributed by atoms with Crippen molar-refractivity contribution >= 4 is 23.6 Å². The van der Waals surface area contributed by atoms with Gasteiger partial charge in [0.2, 0.25) is 0 Å². The predicted octanol–water partition coefficient (Wildman–Crippen LogP) is 26.3. The molecule has 2 aromatic carbocycles. The van der Waals surface area contributed by atoms with Gasteiger partial charge in [0.1, 0.15) is 0 Å². The number of nitrogens with zero attached hydrogens (tertiary/aromatic N) is 2. The van der Waals surface area contributed by atoms with Crippen LogP contribution in [0.5, 0.6) is 0 Å². The molecule has 0 bridgehead atoms. The van der Waals surface area contributed by atoms with Crippen molar-refractivity contribution in [3.05, 3.63) is 99.1 Å². The van der Waals surface area contributed by atoms with Gasteiger partial charge in [-0.05, 0) is 127 Å². The molecule has 2 nitrogen and oxygen atoms in total. The van der Waals surface area contributed by atoms with Crippen LogP contribution >= 0.6 is 0 Å². The second-order valence-electron chi connectivity index (χ2n) is 24.3. The summed E-state index contributed by atoms with van der Waals surface area (Å²) in [5.74, 6) is 2.86. The molecule has 0 spiro atoms. The monoisotopic (exact) mass is 1070 g/mol. The Morgan fingerprint density at radius 1 is 0.346 bits per heavy atom. The number of hydrogen-bond acceptors (Lipinski definition) is 0. The van der Waals surface area contributed by atoms with Crippen LogP contribution in [-0.4, -0.2) is 10.7 Å². The van der Waals surface area contributed by atoms with Gasteiger partial charge in [0.25, 0.3) is 5.87 Å². The van der Waals surface area contributed by atoms with Crippen molar-refractivity contribution in [2.24, 2.45) is 0 Å². The molecular weight excluding hydrogens is 941 g/mol. The minimum atomic E-state index is 0.919. The molecule has 0 N–H and O–H groups in total. The van der Waals surface area contributed by atoms with E-state index < -0.39 is 0 Å². The maximum Gasteiger partial charge on any atom is 0.299 e. The number of benzene rings is 2. The van der Waals surface area contributed by atoms with Gasteiger partial charge in [0, 0.05) is 0 Å². The Bertz CT molecular complexity index is 1750. The summed E-state index contributed by atoms with van der Waals surface area (Å²) in [7, 11) is 0. The van der Waals surface area contributed by atoms with E-state index in [2.05, 4.69) is 106 Å². The molecule has 78 heavy (non-hydrogen) atoms. The van der Waals surface area contributed by atoms with Crippen LogP contribution in [0.15, 0.2) is 60.2 Å². The van der Waals surface area contributed by atoms with Gasteiger partial charge in [0.15, 0.2) is 0 Å². The number of rotatable bonds is 56. The van der Waals surface area contributed by atoms with E-state index in [0.717, 1.165) is 44.9 Å². The topological polar surface area (TPSA) is 36.4 Å². The zero-order valence-electron chi connectivity index (χ0n) is 52.8. The standard InChI is InChI=1S/C76H128N2/c1-6-11-16-18-20-22-24-26-28-30-32-34-36-38-40-42-44-46-48-50-52-54-58-71-64-72(59-55-53-51-49-47-45-43-41-39-37-35-33-31-29-27-25-23-21-19-17-12-7-2)68-75(67-71)76(73(60-15-10-5)61-62-78-77)74-65-69(56-13-8-3)63-70(66-74)57-14-9-4/h54-55,58-59,61,63-68H,6-53,56-57,60H2,1-5H3. The van der Waals surface area contributed by atoms with Gasteiger partial charge < -0.3 is 5.53 Å². The maximum absolute atomic E-state index is 9.67. The molecule has 0 fully saturated rings. The lowest BCUT2D eigenvalue weighted by Gasteiger charge is -2.18. The summed E-state index contributed by atoms with van der Waals surface area (Å²) in [6, 6.07) is 14.7. The van der Waals surface area contributed by atoms with Crippen LogP contribution in [-0.2, 0) is 12.8 Å². The van der Waals surface area contributed by atoms with Crippen LogP contribution in [0.3, 0.4) is 0 Å². The number of hydrogen-bond donors (Lipinski definition) is 0. The lowest BCUT2D eigenvalue weighted by Crippen LogP contribution is -2.00. The Kier molecular flexibility index (Phi) is 49.5. The molecular formula is C76H128N2. The average Bonchev–Trinajstić information content (AvgIpc) is 3.55. The molecule has 2 rings (SSSR count). The van der Waals surface area contributed by atoms with Crippen LogP contribution in [0.4, 0.5) is 0 Å². The summed E-state index contributed by atoms with van der Waals surface area (Å²) in [6.45, 7) is 11.5. The van der Waals surface area contributed by atoms with Crippen molar-refractivity contribution in [3.8, 4) is 0 Å². The summed E-state index contributed by atoms with van der Waals surface area (Å²) < 4.78 is 0. The highest BCUT2D eigenvalue weighted by Gasteiger charge is 2.16. The third-order valence-electron chi connectivity index (χ3n) is 16.7. The predicted molar refractivity (Wildman–Crippen MR) is 352 cm³/mol. The molecule has 0 amide bonds. The van der Waals surface area contributed by atoms with Crippen molar-refractivity contribution in [2.75, 3.05) is 0 Å². The van der Waals surface area contributed by atoms with Crippen LogP contribution < -0.4 is 0 Å². The lowest BCUT2D eigenvalue weighted by atomic mass is 9.86. The molecule has 0 aromatic heterocycles. The highest BCUT2D eigenvalue weighted by molar-refractivity contribution is 5.87. The quantitative estimate of drug-likeness (QED) is 0.0208. The molecule has 0 saturated heterocycles. The van der Waals surface area contributed by atoms with Crippen LogP contribution in [0.25, 0.3) is 23.3 Å². The van der Waals surface area contributed by atoms with Crippen LogP contribution in [0, 0.1) is 0 Å². The first-order chi connectivity index (χ1) is 38.6. The highest BCUT2D eigenvalue weighted by atomic mass is 14.8. The third kappa shape index (κ3) is 40.1. The minimum absolute atomic E-state index is 0.919. The zero-order chi connectivity index (χ0) is 55.9. The summed E-state index contributed by atoms with van der Waals surface area (Å²) in [5, 5.41) is 0. The molecule has 0 saturated carbocycles. The average molecular weight is 1070 g/mol. The molecule has 0 radical (unpaired) electrons. The Morgan fingerprint density at radius 2 is 0.641 bits per heavy atom. The van der Waals surface area contributed by atoms with Crippen molar-refractivity contribution in [3.63, 3.8) is 0 Å². The lowest BCUT2D eigenvalue weighted by molar-refractivity contribution is 0.00800. The molecule has 0 unspecified atom stereocenters. The van der Waals surface area contributed by atoms with Crippen molar-refractivity contribution in [1.82, 2.24) is 0 Å². The molecule has 0 aliphatic heterocycles. The number of aryl methyl sites for hydroxylation is 2. The van der Waals surface area contributed by atoms with Crippen molar-refractivity contribution in [1.29, 1.82) is 0 Å². The molecule has 2 aromatic rings. The Hall–Kier alpha value is -3.18. The normalized spacial score (nSPS) is 12.0. The largest absolute Gasteiger partial charge is 0.348 e. The van der Waals surface area contributed by atoms with Gasteiger partial charge in [-0.25, -0.2) is 0 Å².